The van der Waals surface area contributed by atoms with Crippen molar-refractivity contribution in [2.24, 2.45) is 29.6 Å². The number of ether oxygens (including phenoxy) is 2. The SMILES string of the molecule is CC(=C/C(C)C/C=C/C(C)=C/C(C)C(=O)C(C)C1OC(C)(CC=O)CC1C)/C=C/C1OC(=O)C=CC1C. The van der Waals surface area contributed by atoms with Crippen LogP contribution in [-0.2, 0) is 23.9 Å². The molecule has 0 N–H and O–H groups in total. The molecule has 0 aromatic rings. The van der Waals surface area contributed by atoms with Gasteiger partial charge in [0.15, 0.2) is 0 Å². The fourth-order valence-electron chi connectivity index (χ4n) is 5.42. The second kappa shape index (κ2) is 13.9. The molecule has 5 heteroatoms. The van der Waals surface area contributed by atoms with Gasteiger partial charge in [-0.05, 0) is 51.5 Å². The van der Waals surface area contributed by atoms with Crippen LogP contribution in [0.3, 0.4) is 0 Å². The lowest BCUT2D eigenvalue weighted by Crippen LogP contribution is -2.34. The van der Waals surface area contributed by atoms with Crippen molar-refractivity contribution in [1.29, 1.82) is 0 Å². The molecule has 5 nitrogen and oxygen atoms in total. The lowest BCUT2D eigenvalue weighted by molar-refractivity contribution is -0.143. The van der Waals surface area contributed by atoms with E-state index in [1.807, 2.05) is 58.9 Å². The van der Waals surface area contributed by atoms with E-state index in [9.17, 15) is 14.4 Å². The Morgan fingerprint density at radius 1 is 1.14 bits per heavy atom. The van der Waals surface area contributed by atoms with E-state index in [-0.39, 0.29) is 47.6 Å². The van der Waals surface area contributed by atoms with Gasteiger partial charge in [0.1, 0.15) is 18.2 Å². The number of aldehydes is 1. The van der Waals surface area contributed by atoms with E-state index in [0.29, 0.717) is 12.3 Å². The lowest BCUT2D eigenvalue weighted by Gasteiger charge is -2.26. The summed E-state index contributed by atoms with van der Waals surface area (Å²) in [5, 5.41) is 0. The number of carbonyl (C=O) groups excluding carboxylic acids is 3. The van der Waals surface area contributed by atoms with Gasteiger partial charge in [-0.3, -0.25) is 4.79 Å². The molecule has 2 heterocycles. The summed E-state index contributed by atoms with van der Waals surface area (Å²) in [4.78, 5) is 35.6. The Morgan fingerprint density at radius 2 is 1.81 bits per heavy atom. The molecule has 0 saturated carbocycles. The average molecular weight is 511 g/mol. The summed E-state index contributed by atoms with van der Waals surface area (Å²) >= 11 is 0. The Labute approximate surface area is 223 Å². The van der Waals surface area contributed by atoms with Crippen molar-refractivity contribution in [3.63, 3.8) is 0 Å². The van der Waals surface area contributed by atoms with Crippen LogP contribution < -0.4 is 0 Å². The van der Waals surface area contributed by atoms with E-state index >= 15 is 0 Å². The van der Waals surface area contributed by atoms with Crippen LogP contribution in [0, 0.1) is 29.6 Å². The second-order valence-electron chi connectivity index (χ2n) is 11.5. The number of allylic oxidation sites excluding steroid dienone is 7. The first-order valence-corrected chi connectivity index (χ1v) is 13.6. The number of hydrogen-bond acceptors (Lipinski definition) is 5. The van der Waals surface area contributed by atoms with Crippen LogP contribution >= 0.6 is 0 Å². The highest BCUT2D eigenvalue weighted by atomic mass is 16.5. The molecule has 8 atom stereocenters. The quantitative estimate of drug-likeness (QED) is 0.165. The number of Topliss-reactive ketones (excluding diaryl/α,β-unsaturated/α-hetero) is 1. The number of rotatable bonds is 12. The molecule has 8 unspecified atom stereocenters. The number of hydrogen-bond donors (Lipinski definition) is 0. The van der Waals surface area contributed by atoms with Gasteiger partial charge in [0.25, 0.3) is 0 Å². The van der Waals surface area contributed by atoms with Gasteiger partial charge < -0.3 is 14.3 Å². The molecule has 0 amide bonds. The Balaban J connectivity index is 1.88. The highest BCUT2D eigenvalue weighted by Crippen LogP contribution is 2.40. The Hall–Kier alpha value is -2.53. The first kappa shape index (κ1) is 30.7. The maximum absolute atomic E-state index is 13.1. The summed E-state index contributed by atoms with van der Waals surface area (Å²) < 4.78 is 11.6. The summed E-state index contributed by atoms with van der Waals surface area (Å²) in [5.74, 6) is 0.222. The minimum absolute atomic E-state index is 0.154. The molecule has 0 aromatic carbocycles. The predicted octanol–water partition coefficient (Wildman–Crippen LogP) is 6.75. The van der Waals surface area contributed by atoms with Crippen molar-refractivity contribution < 1.29 is 23.9 Å². The van der Waals surface area contributed by atoms with Crippen molar-refractivity contribution in [2.75, 3.05) is 0 Å². The maximum Gasteiger partial charge on any atom is 0.331 e. The van der Waals surface area contributed by atoms with Crippen LogP contribution in [-0.4, -0.2) is 35.8 Å². The zero-order valence-electron chi connectivity index (χ0n) is 23.9. The van der Waals surface area contributed by atoms with E-state index in [1.54, 1.807) is 0 Å². The minimum Gasteiger partial charge on any atom is -0.454 e. The van der Waals surface area contributed by atoms with E-state index in [4.69, 9.17) is 9.47 Å². The number of esters is 1. The first-order valence-electron chi connectivity index (χ1n) is 13.6. The zero-order chi connectivity index (χ0) is 27.8. The molecule has 0 bridgehead atoms. The molecule has 0 aromatic heterocycles. The van der Waals surface area contributed by atoms with Gasteiger partial charge in [-0.25, -0.2) is 4.79 Å². The topological polar surface area (TPSA) is 69.7 Å². The summed E-state index contributed by atoms with van der Waals surface area (Å²) in [6, 6.07) is 0. The van der Waals surface area contributed by atoms with Crippen molar-refractivity contribution in [3.8, 4) is 0 Å². The van der Waals surface area contributed by atoms with Crippen LogP contribution in [0.1, 0.15) is 74.7 Å². The summed E-state index contributed by atoms with van der Waals surface area (Å²) in [5.41, 5.74) is 1.73. The number of carbonyl (C=O) groups is 3. The normalized spacial score (nSPS) is 31.5. The molecule has 0 spiro atoms. The molecular weight excluding hydrogens is 464 g/mol. The monoisotopic (exact) mass is 510 g/mol. The summed E-state index contributed by atoms with van der Waals surface area (Å²) in [6.07, 6.45) is 18.4. The Kier molecular flexibility index (Phi) is 11.5. The van der Waals surface area contributed by atoms with Crippen molar-refractivity contribution in [2.45, 2.75) is 92.5 Å². The second-order valence-corrected chi connectivity index (χ2v) is 11.5. The predicted molar refractivity (Wildman–Crippen MR) is 149 cm³/mol. The molecule has 1 saturated heterocycles. The standard InChI is InChI=1S/C32H46O5/c1-21(18-23(3)12-14-28-24(4)13-15-29(34)36-28)10-9-11-22(2)19-25(5)30(35)27(7)31-26(6)20-32(8,37-31)16-17-33/h9,11-15,17-19,21,24-28,31H,10,16,20H2,1-8H3/b11-9+,14-12+,22-19+,23-18-. The van der Waals surface area contributed by atoms with Crippen molar-refractivity contribution >= 4 is 18.0 Å². The Bertz CT molecular complexity index is 968. The van der Waals surface area contributed by atoms with E-state index in [1.165, 1.54) is 6.08 Å². The third-order valence-electron chi connectivity index (χ3n) is 7.44. The van der Waals surface area contributed by atoms with Crippen LogP contribution in [0.15, 0.2) is 59.8 Å². The fourth-order valence-corrected chi connectivity index (χ4v) is 5.42. The summed E-state index contributed by atoms with van der Waals surface area (Å²) in [6.45, 7) is 16.2. The van der Waals surface area contributed by atoms with Gasteiger partial charge in [-0.1, -0.05) is 82.2 Å². The highest BCUT2D eigenvalue weighted by Gasteiger charge is 2.45. The fraction of sp³-hybridized carbons (Fsp3) is 0.594. The molecule has 0 radical (unpaired) electrons. The van der Waals surface area contributed by atoms with Crippen LogP contribution in [0.4, 0.5) is 0 Å². The van der Waals surface area contributed by atoms with E-state index in [0.717, 1.165) is 30.3 Å². The number of ketones is 1. The van der Waals surface area contributed by atoms with Gasteiger partial charge in [0, 0.05) is 30.3 Å². The van der Waals surface area contributed by atoms with E-state index in [2.05, 4.69) is 39.0 Å². The first-order chi connectivity index (χ1) is 17.3. The van der Waals surface area contributed by atoms with Crippen LogP contribution in [0.25, 0.3) is 0 Å². The zero-order valence-corrected chi connectivity index (χ0v) is 23.9. The van der Waals surface area contributed by atoms with Gasteiger partial charge in [-0.15, -0.1) is 0 Å². The summed E-state index contributed by atoms with van der Waals surface area (Å²) in [7, 11) is 0. The smallest absolute Gasteiger partial charge is 0.331 e. The van der Waals surface area contributed by atoms with Gasteiger partial charge in [0.05, 0.1) is 11.7 Å². The lowest BCUT2D eigenvalue weighted by atomic mass is 9.83. The molecule has 1 fully saturated rings. The third-order valence-corrected chi connectivity index (χ3v) is 7.44. The van der Waals surface area contributed by atoms with Crippen LogP contribution in [0.2, 0.25) is 0 Å². The molecule has 204 valence electrons. The number of cyclic esters (lactones) is 1. The van der Waals surface area contributed by atoms with Gasteiger partial charge >= 0.3 is 5.97 Å². The largest absolute Gasteiger partial charge is 0.454 e. The molecule has 37 heavy (non-hydrogen) atoms. The van der Waals surface area contributed by atoms with Gasteiger partial charge in [0.2, 0.25) is 0 Å². The molecule has 2 rings (SSSR count). The Morgan fingerprint density at radius 3 is 2.49 bits per heavy atom. The minimum atomic E-state index is -0.462. The van der Waals surface area contributed by atoms with E-state index < -0.39 is 5.60 Å². The average Bonchev–Trinajstić information content (AvgIpc) is 3.12. The maximum atomic E-state index is 13.1. The molecule has 2 aliphatic heterocycles. The van der Waals surface area contributed by atoms with Gasteiger partial charge in [-0.2, -0.15) is 0 Å². The molecule has 2 aliphatic rings. The highest BCUT2D eigenvalue weighted by molar-refractivity contribution is 5.85. The molecular formula is C32H46O5. The van der Waals surface area contributed by atoms with Crippen LogP contribution in [0.5, 0.6) is 0 Å². The van der Waals surface area contributed by atoms with Crippen molar-refractivity contribution in [1.82, 2.24) is 0 Å². The molecule has 0 aliphatic carbocycles. The third kappa shape index (κ3) is 9.37. The van der Waals surface area contributed by atoms with Crippen molar-refractivity contribution in [3.05, 3.63) is 59.8 Å².